The summed E-state index contributed by atoms with van der Waals surface area (Å²) in [6.45, 7) is 2.67. The lowest BCUT2D eigenvalue weighted by atomic mass is 10.1. The van der Waals surface area contributed by atoms with Crippen molar-refractivity contribution in [1.82, 2.24) is 0 Å². The zero-order chi connectivity index (χ0) is 24.5. The maximum absolute atomic E-state index is 15.7. The van der Waals surface area contributed by atoms with E-state index in [0.29, 0.717) is 33.5 Å². The van der Waals surface area contributed by atoms with Crippen LogP contribution in [0, 0.1) is 28.5 Å². The average Bonchev–Trinajstić information content (AvgIpc) is 2.87. The number of hydrogen-bond acceptors (Lipinski definition) is 7. The molecule has 0 atom stereocenters. The molecule has 34 heavy (non-hydrogen) atoms. The zero-order valence-corrected chi connectivity index (χ0v) is 20.8. The maximum atomic E-state index is 15.7. The lowest BCUT2D eigenvalue weighted by Crippen LogP contribution is -2.08. The van der Waals surface area contributed by atoms with Crippen LogP contribution in [0.25, 0.3) is 0 Å². The van der Waals surface area contributed by atoms with Crippen LogP contribution in [0.1, 0.15) is 30.9 Å². The number of benzene rings is 3. The van der Waals surface area contributed by atoms with Gasteiger partial charge in [-0.15, -0.1) is 0 Å². The van der Waals surface area contributed by atoms with E-state index in [1.165, 1.54) is 23.5 Å². The van der Waals surface area contributed by atoms with Gasteiger partial charge in [-0.1, -0.05) is 36.9 Å². The minimum atomic E-state index is -0.697. The summed E-state index contributed by atoms with van der Waals surface area (Å²) < 4.78 is 26.2. The third-order valence-corrected chi connectivity index (χ3v) is 7.31. The normalized spacial score (nSPS) is 10.3. The second kappa shape index (κ2) is 12.2. The summed E-state index contributed by atoms with van der Waals surface area (Å²) in [5, 5.41) is 22.9. The van der Waals surface area contributed by atoms with Crippen LogP contribution in [0.5, 0.6) is 11.5 Å². The van der Waals surface area contributed by atoms with Crippen molar-refractivity contribution < 1.29 is 13.9 Å². The van der Waals surface area contributed by atoms with Gasteiger partial charge in [0.2, 0.25) is 0 Å². The van der Waals surface area contributed by atoms with Crippen LogP contribution in [-0.2, 0) is 0 Å². The molecular formula is C26H24FN3O2S2. The predicted octanol–water partition coefficient (Wildman–Crippen LogP) is 7.10. The summed E-state index contributed by atoms with van der Waals surface area (Å²) in [4.78, 5) is 2.49. The van der Waals surface area contributed by atoms with E-state index in [1.54, 1.807) is 26.4 Å². The van der Waals surface area contributed by atoms with Crippen molar-refractivity contribution in [2.24, 2.45) is 0 Å². The van der Waals surface area contributed by atoms with E-state index in [-0.39, 0.29) is 11.1 Å². The topological polar surface area (TPSA) is 78.1 Å². The monoisotopic (exact) mass is 493 g/mol. The highest BCUT2D eigenvalue weighted by Crippen LogP contribution is 2.47. The maximum Gasteiger partial charge on any atom is 0.157 e. The van der Waals surface area contributed by atoms with Gasteiger partial charge in [0.25, 0.3) is 0 Å². The standard InChI is InChI=1S/C26H24FN3O2S2/c1-4-5-14-30-24-22(16-29)21(15-28)23(27)25(33-19-10-6-17(31-2)7-11-19)26(24)34-20-12-8-18(32-3)9-13-20/h6-13,30H,4-5,14H2,1-3H3. The molecule has 1 N–H and O–H groups in total. The van der Waals surface area contributed by atoms with Gasteiger partial charge < -0.3 is 14.8 Å². The Balaban J connectivity index is 2.18. The van der Waals surface area contributed by atoms with Gasteiger partial charge in [-0.05, 0) is 55.0 Å². The molecule has 0 fully saturated rings. The van der Waals surface area contributed by atoms with E-state index in [1.807, 2.05) is 48.5 Å². The molecule has 3 aromatic carbocycles. The third-order valence-electron chi connectivity index (χ3n) is 4.97. The summed E-state index contributed by atoms with van der Waals surface area (Å²) in [6, 6.07) is 18.6. The molecule has 0 aliphatic carbocycles. The molecule has 0 saturated heterocycles. The summed E-state index contributed by atoms with van der Waals surface area (Å²) in [5.41, 5.74) is 0.244. The van der Waals surface area contributed by atoms with Gasteiger partial charge in [-0.3, -0.25) is 0 Å². The number of nitrogens with one attached hydrogen (secondary N) is 1. The molecule has 174 valence electrons. The zero-order valence-electron chi connectivity index (χ0n) is 19.1. The summed E-state index contributed by atoms with van der Waals surface area (Å²) in [7, 11) is 3.18. The van der Waals surface area contributed by atoms with Gasteiger partial charge in [-0.25, -0.2) is 4.39 Å². The molecule has 0 aliphatic heterocycles. The molecule has 0 aliphatic rings. The van der Waals surface area contributed by atoms with Crippen LogP contribution < -0.4 is 14.8 Å². The second-order valence-corrected chi connectivity index (χ2v) is 9.32. The van der Waals surface area contributed by atoms with E-state index in [0.717, 1.165) is 22.6 Å². The molecule has 0 spiro atoms. The Morgan fingerprint density at radius 3 is 1.76 bits per heavy atom. The molecule has 0 heterocycles. The first-order chi connectivity index (χ1) is 16.6. The van der Waals surface area contributed by atoms with E-state index in [9.17, 15) is 10.5 Å². The molecule has 8 heteroatoms. The first-order valence-corrected chi connectivity index (χ1v) is 12.3. The fraction of sp³-hybridized carbons (Fsp3) is 0.231. The van der Waals surface area contributed by atoms with E-state index < -0.39 is 5.82 Å². The molecule has 3 aromatic rings. The summed E-state index contributed by atoms with van der Waals surface area (Å²) in [6.07, 6.45) is 1.83. The van der Waals surface area contributed by atoms with Gasteiger partial charge in [0, 0.05) is 16.3 Å². The van der Waals surface area contributed by atoms with Gasteiger partial charge in [0.05, 0.1) is 35.3 Å². The van der Waals surface area contributed by atoms with Gasteiger partial charge >= 0.3 is 0 Å². The first-order valence-electron chi connectivity index (χ1n) is 10.6. The van der Waals surface area contributed by atoms with Gasteiger partial charge in [-0.2, -0.15) is 10.5 Å². The quantitative estimate of drug-likeness (QED) is 0.302. The molecule has 0 unspecified atom stereocenters. The Morgan fingerprint density at radius 1 is 0.824 bits per heavy atom. The molecule has 3 rings (SSSR count). The van der Waals surface area contributed by atoms with Crippen LogP contribution in [0.15, 0.2) is 68.1 Å². The minimum absolute atomic E-state index is 0.0196. The smallest absolute Gasteiger partial charge is 0.157 e. The highest BCUT2D eigenvalue weighted by Gasteiger charge is 2.26. The first kappa shape index (κ1) is 25.3. The van der Waals surface area contributed by atoms with Crippen LogP contribution in [0.2, 0.25) is 0 Å². The van der Waals surface area contributed by atoms with E-state index in [2.05, 4.69) is 12.2 Å². The number of anilines is 1. The molecule has 0 saturated carbocycles. The Hall–Kier alpha value is -3.33. The van der Waals surface area contributed by atoms with Crippen molar-refractivity contribution in [3.8, 4) is 23.6 Å². The minimum Gasteiger partial charge on any atom is -0.497 e. The number of nitriles is 2. The largest absolute Gasteiger partial charge is 0.497 e. The SMILES string of the molecule is CCCCNc1c(C#N)c(C#N)c(F)c(Sc2ccc(OC)cc2)c1Sc1ccc(OC)cc1. The van der Waals surface area contributed by atoms with Crippen molar-refractivity contribution in [2.45, 2.75) is 39.3 Å². The Kier molecular flexibility index (Phi) is 9.09. The summed E-state index contributed by atoms with van der Waals surface area (Å²) in [5.74, 6) is 0.705. The number of methoxy groups -OCH3 is 2. The molecule has 0 radical (unpaired) electrons. The van der Waals surface area contributed by atoms with Crippen molar-refractivity contribution in [1.29, 1.82) is 10.5 Å². The van der Waals surface area contributed by atoms with Gasteiger partial charge in [0.15, 0.2) is 5.82 Å². The molecule has 5 nitrogen and oxygen atoms in total. The lowest BCUT2D eigenvalue weighted by molar-refractivity contribution is 0.414. The molecule has 0 bridgehead atoms. The highest BCUT2D eigenvalue weighted by atomic mass is 32.2. The van der Waals surface area contributed by atoms with Crippen molar-refractivity contribution in [3.05, 3.63) is 65.5 Å². The van der Waals surface area contributed by atoms with Crippen molar-refractivity contribution in [3.63, 3.8) is 0 Å². The Morgan fingerprint density at radius 2 is 1.32 bits per heavy atom. The highest BCUT2D eigenvalue weighted by molar-refractivity contribution is 8.02. The third kappa shape index (κ3) is 5.77. The van der Waals surface area contributed by atoms with Crippen LogP contribution in [0.4, 0.5) is 10.1 Å². The second-order valence-electron chi connectivity index (χ2n) is 7.16. The number of unbranched alkanes of at least 4 members (excludes halogenated alkanes) is 1. The van der Waals surface area contributed by atoms with Crippen molar-refractivity contribution >= 4 is 29.2 Å². The van der Waals surface area contributed by atoms with Crippen LogP contribution >= 0.6 is 23.5 Å². The van der Waals surface area contributed by atoms with Crippen LogP contribution in [0.3, 0.4) is 0 Å². The van der Waals surface area contributed by atoms with Gasteiger partial charge in [0.1, 0.15) is 29.2 Å². The number of nitrogens with zero attached hydrogens (tertiary/aromatic N) is 2. The van der Waals surface area contributed by atoms with E-state index in [4.69, 9.17) is 9.47 Å². The van der Waals surface area contributed by atoms with Crippen molar-refractivity contribution in [2.75, 3.05) is 26.1 Å². The molecular weight excluding hydrogens is 469 g/mol. The average molecular weight is 494 g/mol. The number of ether oxygens (including phenoxy) is 2. The molecule has 0 amide bonds. The number of halogens is 1. The fourth-order valence-electron chi connectivity index (χ4n) is 3.16. The summed E-state index contributed by atoms with van der Waals surface area (Å²) >= 11 is 2.56. The molecule has 0 aromatic heterocycles. The number of rotatable bonds is 10. The van der Waals surface area contributed by atoms with E-state index >= 15 is 4.39 Å². The van der Waals surface area contributed by atoms with Crippen LogP contribution in [-0.4, -0.2) is 20.8 Å². The predicted molar refractivity (Wildman–Crippen MR) is 133 cm³/mol. The fourth-order valence-corrected chi connectivity index (χ4v) is 5.27. The Bertz CT molecular complexity index is 1220. The lowest BCUT2D eigenvalue weighted by Gasteiger charge is -2.19. The Labute approximate surface area is 207 Å². The number of hydrogen-bond donors (Lipinski definition) is 1.